The van der Waals surface area contributed by atoms with E-state index < -0.39 is 10.8 Å². The maximum atomic E-state index is 12.5. The molecule has 1 heterocycles. The van der Waals surface area contributed by atoms with Gasteiger partial charge in [-0.2, -0.15) is 0 Å². The van der Waals surface area contributed by atoms with Crippen LogP contribution in [0.3, 0.4) is 0 Å². The minimum atomic E-state index is -0.532. The van der Waals surface area contributed by atoms with E-state index in [1.807, 2.05) is 0 Å². The largest absolute Gasteiger partial charge is 0.436 e. The molecule has 0 aliphatic heterocycles. The lowest BCUT2D eigenvalue weighted by Gasteiger charge is -2.08. The molecule has 29 heavy (non-hydrogen) atoms. The summed E-state index contributed by atoms with van der Waals surface area (Å²) in [7, 11) is 0. The maximum absolute atomic E-state index is 12.5. The van der Waals surface area contributed by atoms with Gasteiger partial charge in [-0.15, -0.1) is 0 Å². The second kappa shape index (κ2) is 7.54. The summed E-state index contributed by atoms with van der Waals surface area (Å²) in [6, 6.07) is 15.4. The zero-order valence-electron chi connectivity index (χ0n) is 14.6. The average molecular weight is 428 g/mol. The SMILES string of the molecule is O=C(Nc1cc(-c2nc3cc(Cl)ccc3o2)ccc1Cl)c1ccc([N+](=O)[O-])cc1. The van der Waals surface area contributed by atoms with Gasteiger partial charge in [0.2, 0.25) is 5.89 Å². The molecule has 4 aromatic rings. The first-order chi connectivity index (χ1) is 13.9. The lowest BCUT2D eigenvalue weighted by molar-refractivity contribution is -0.384. The molecular formula is C20H11Cl2N3O4. The summed E-state index contributed by atoms with van der Waals surface area (Å²) in [4.78, 5) is 27.1. The van der Waals surface area contributed by atoms with Gasteiger partial charge < -0.3 is 9.73 Å². The number of aromatic nitrogens is 1. The van der Waals surface area contributed by atoms with Crippen LogP contribution >= 0.6 is 23.2 Å². The molecule has 3 aromatic carbocycles. The third kappa shape index (κ3) is 3.91. The highest BCUT2D eigenvalue weighted by Crippen LogP contribution is 2.31. The van der Waals surface area contributed by atoms with E-state index in [1.54, 1.807) is 36.4 Å². The molecule has 0 spiro atoms. The number of oxazole rings is 1. The van der Waals surface area contributed by atoms with Crippen molar-refractivity contribution in [2.75, 3.05) is 5.32 Å². The molecule has 0 aliphatic carbocycles. The van der Waals surface area contributed by atoms with Crippen LogP contribution in [0.15, 0.2) is 65.1 Å². The second-order valence-corrected chi connectivity index (χ2v) is 6.93. The topological polar surface area (TPSA) is 98.3 Å². The Hall–Kier alpha value is -3.42. The van der Waals surface area contributed by atoms with Crippen LogP contribution in [0.5, 0.6) is 0 Å². The molecule has 0 atom stereocenters. The van der Waals surface area contributed by atoms with Crippen LogP contribution in [0.4, 0.5) is 11.4 Å². The number of halogens is 2. The fraction of sp³-hybridized carbons (Fsp3) is 0. The molecule has 9 heteroatoms. The lowest BCUT2D eigenvalue weighted by Crippen LogP contribution is -2.12. The van der Waals surface area contributed by atoms with E-state index in [1.165, 1.54) is 24.3 Å². The molecule has 0 unspecified atom stereocenters. The quantitative estimate of drug-likeness (QED) is 0.319. The summed E-state index contributed by atoms with van der Waals surface area (Å²) in [6.45, 7) is 0. The van der Waals surface area contributed by atoms with Crippen molar-refractivity contribution in [3.63, 3.8) is 0 Å². The number of benzene rings is 3. The van der Waals surface area contributed by atoms with Crippen LogP contribution in [0, 0.1) is 10.1 Å². The Labute approximate surface area is 174 Å². The summed E-state index contributed by atoms with van der Waals surface area (Å²) >= 11 is 12.2. The van der Waals surface area contributed by atoms with Crippen molar-refractivity contribution in [2.24, 2.45) is 0 Å². The van der Waals surface area contributed by atoms with Crippen LogP contribution in [-0.4, -0.2) is 15.8 Å². The Morgan fingerprint density at radius 3 is 2.52 bits per heavy atom. The van der Waals surface area contributed by atoms with Crippen molar-refractivity contribution in [3.8, 4) is 11.5 Å². The van der Waals surface area contributed by atoms with Gasteiger partial charge in [0.25, 0.3) is 11.6 Å². The summed E-state index contributed by atoms with van der Waals surface area (Å²) in [6.07, 6.45) is 0. The van der Waals surface area contributed by atoms with E-state index in [-0.39, 0.29) is 11.3 Å². The number of carbonyl (C=O) groups is 1. The van der Waals surface area contributed by atoms with Crippen LogP contribution in [0.25, 0.3) is 22.6 Å². The Kier molecular flexibility index (Phi) is 4.92. The predicted molar refractivity (Wildman–Crippen MR) is 111 cm³/mol. The monoisotopic (exact) mass is 427 g/mol. The van der Waals surface area contributed by atoms with E-state index in [2.05, 4.69) is 10.3 Å². The minimum absolute atomic E-state index is 0.0994. The van der Waals surface area contributed by atoms with Gasteiger partial charge in [-0.1, -0.05) is 23.2 Å². The number of non-ortho nitro benzene ring substituents is 1. The number of fused-ring (bicyclic) bond motifs is 1. The summed E-state index contributed by atoms with van der Waals surface area (Å²) in [5, 5.41) is 14.3. The molecule has 4 rings (SSSR count). The van der Waals surface area contributed by atoms with Gasteiger partial charge in [0.15, 0.2) is 5.58 Å². The van der Waals surface area contributed by atoms with Gasteiger partial charge in [0, 0.05) is 28.3 Å². The molecule has 0 bridgehead atoms. The van der Waals surface area contributed by atoms with E-state index in [0.717, 1.165) is 0 Å². The molecule has 1 amide bonds. The number of nitrogens with one attached hydrogen (secondary N) is 1. The number of rotatable bonds is 4. The van der Waals surface area contributed by atoms with Crippen molar-refractivity contribution in [1.82, 2.24) is 4.98 Å². The van der Waals surface area contributed by atoms with Crippen LogP contribution in [0.1, 0.15) is 10.4 Å². The Bertz CT molecular complexity index is 1250. The number of nitro groups is 1. The van der Waals surface area contributed by atoms with Gasteiger partial charge in [0.1, 0.15) is 5.52 Å². The van der Waals surface area contributed by atoms with E-state index >= 15 is 0 Å². The highest BCUT2D eigenvalue weighted by molar-refractivity contribution is 6.34. The third-order valence-corrected chi connectivity index (χ3v) is 4.72. The summed E-state index contributed by atoms with van der Waals surface area (Å²) < 4.78 is 5.74. The number of nitrogens with zero attached hydrogens (tertiary/aromatic N) is 2. The first-order valence-corrected chi connectivity index (χ1v) is 9.08. The van der Waals surface area contributed by atoms with Gasteiger partial charge in [-0.25, -0.2) is 4.98 Å². The summed E-state index contributed by atoms with van der Waals surface area (Å²) in [5.41, 5.74) is 2.31. The lowest BCUT2D eigenvalue weighted by atomic mass is 10.1. The molecule has 0 saturated heterocycles. The van der Waals surface area contributed by atoms with Crippen LogP contribution < -0.4 is 5.32 Å². The van der Waals surface area contributed by atoms with E-state index in [4.69, 9.17) is 27.6 Å². The number of carbonyl (C=O) groups excluding carboxylic acids is 1. The number of anilines is 1. The number of hydrogen-bond donors (Lipinski definition) is 1. The van der Waals surface area contributed by atoms with Gasteiger partial charge in [-0.3, -0.25) is 14.9 Å². The van der Waals surface area contributed by atoms with Gasteiger partial charge in [-0.05, 0) is 48.5 Å². The molecule has 0 radical (unpaired) electrons. The first-order valence-electron chi connectivity index (χ1n) is 8.32. The van der Waals surface area contributed by atoms with Crippen molar-refractivity contribution in [3.05, 3.63) is 86.4 Å². The highest BCUT2D eigenvalue weighted by Gasteiger charge is 2.14. The fourth-order valence-corrected chi connectivity index (χ4v) is 3.04. The fourth-order valence-electron chi connectivity index (χ4n) is 2.71. The zero-order chi connectivity index (χ0) is 20.5. The second-order valence-electron chi connectivity index (χ2n) is 6.08. The van der Waals surface area contributed by atoms with Crippen LogP contribution in [0.2, 0.25) is 10.0 Å². The standard InChI is InChI=1S/C20H11Cl2N3O4/c21-13-4-8-18-17(10-13)24-20(29-18)12-3-7-15(22)16(9-12)23-19(26)11-1-5-14(6-2-11)25(27)28/h1-10H,(H,23,26). The van der Waals surface area contributed by atoms with Crippen molar-refractivity contribution < 1.29 is 14.1 Å². The van der Waals surface area contributed by atoms with E-state index in [9.17, 15) is 14.9 Å². The Balaban J connectivity index is 1.62. The molecule has 7 nitrogen and oxygen atoms in total. The highest BCUT2D eigenvalue weighted by atomic mass is 35.5. The van der Waals surface area contributed by atoms with Crippen molar-refractivity contribution in [2.45, 2.75) is 0 Å². The van der Waals surface area contributed by atoms with Crippen LogP contribution in [-0.2, 0) is 0 Å². The van der Waals surface area contributed by atoms with Gasteiger partial charge >= 0.3 is 0 Å². The number of amides is 1. The van der Waals surface area contributed by atoms with Crippen molar-refractivity contribution in [1.29, 1.82) is 0 Å². The Morgan fingerprint density at radius 1 is 1.03 bits per heavy atom. The predicted octanol–water partition coefficient (Wildman–Crippen LogP) is 5.96. The zero-order valence-corrected chi connectivity index (χ0v) is 16.1. The summed E-state index contributed by atoms with van der Waals surface area (Å²) in [5.74, 6) is -0.104. The first kappa shape index (κ1) is 18.9. The van der Waals surface area contributed by atoms with Crippen molar-refractivity contribution >= 4 is 51.6 Å². The third-order valence-electron chi connectivity index (χ3n) is 4.15. The minimum Gasteiger partial charge on any atom is -0.436 e. The molecule has 1 N–H and O–H groups in total. The number of nitro benzene ring substituents is 1. The van der Waals surface area contributed by atoms with E-state index in [0.29, 0.717) is 38.3 Å². The number of hydrogen-bond acceptors (Lipinski definition) is 5. The smallest absolute Gasteiger partial charge is 0.269 e. The molecule has 0 saturated carbocycles. The average Bonchev–Trinajstić information content (AvgIpc) is 3.12. The van der Waals surface area contributed by atoms with Gasteiger partial charge in [0.05, 0.1) is 15.6 Å². The molecule has 0 fully saturated rings. The molecular weight excluding hydrogens is 417 g/mol. The molecule has 0 aliphatic rings. The Morgan fingerprint density at radius 2 is 1.79 bits per heavy atom. The molecule has 1 aromatic heterocycles. The maximum Gasteiger partial charge on any atom is 0.269 e. The normalized spacial score (nSPS) is 10.8. The molecule has 144 valence electrons.